The molecular formula is C28H40F2N2O8. The Labute approximate surface area is 233 Å². The minimum Gasteiger partial charge on any atom is -0.493 e. The molecule has 10 nitrogen and oxygen atoms in total. The van der Waals surface area contributed by atoms with Gasteiger partial charge in [-0.05, 0) is 33.3 Å². The highest BCUT2D eigenvalue weighted by Gasteiger charge is 2.42. The lowest BCUT2D eigenvalue weighted by Gasteiger charge is -2.26. The van der Waals surface area contributed by atoms with E-state index in [0.717, 1.165) is 32.1 Å². The summed E-state index contributed by atoms with van der Waals surface area (Å²) in [5.74, 6) is -6.02. The molecule has 0 saturated carbocycles. The van der Waals surface area contributed by atoms with Crippen LogP contribution >= 0.6 is 0 Å². The number of esters is 1. The number of halogens is 2. The number of hydrogen-bond donors (Lipinski definition) is 2. The van der Waals surface area contributed by atoms with Crippen LogP contribution in [0.2, 0.25) is 0 Å². The van der Waals surface area contributed by atoms with Crippen molar-refractivity contribution in [3.63, 3.8) is 0 Å². The number of nitrogens with zero attached hydrogens (tertiary/aromatic N) is 1. The van der Waals surface area contributed by atoms with Gasteiger partial charge >= 0.3 is 11.9 Å². The second kappa shape index (κ2) is 17.9. The van der Waals surface area contributed by atoms with Crippen molar-refractivity contribution in [3.8, 4) is 5.75 Å². The first-order valence-electron chi connectivity index (χ1n) is 13.3. The van der Waals surface area contributed by atoms with E-state index >= 15 is 0 Å². The van der Waals surface area contributed by atoms with Gasteiger partial charge in [0.2, 0.25) is 5.82 Å². The van der Waals surface area contributed by atoms with E-state index in [4.69, 9.17) is 14.2 Å². The van der Waals surface area contributed by atoms with Crippen molar-refractivity contribution in [3.05, 3.63) is 62.1 Å². The van der Waals surface area contributed by atoms with Crippen LogP contribution in [0.4, 0.5) is 8.78 Å². The summed E-state index contributed by atoms with van der Waals surface area (Å²) < 4.78 is 42.4. The molecule has 0 spiro atoms. The van der Waals surface area contributed by atoms with Crippen LogP contribution in [0.3, 0.4) is 0 Å². The van der Waals surface area contributed by atoms with Crippen LogP contribution in [-0.2, 0) is 19.1 Å². The Kier molecular flexibility index (Phi) is 15.5. The molecule has 40 heavy (non-hydrogen) atoms. The van der Waals surface area contributed by atoms with E-state index in [2.05, 4.69) is 12.2 Å². The first-order valence-corrected chi connectivity index (χ1v) is 13.3. The quantitative estimate of drug-likeness (QED) is 0.115. The van der Waals surface area contributed by atoms with E-state index in [1.165, 1.54) is 39.5 Å². The van der Waals surface area contributed by atoms with Crippen LogP contribution in [0.15, 0.2) is 34.8 Å². The van der Waals surface area contributed by atoms with E-state index in [9.17, 15) is 33.6 Å². The fourth-order valence-electron chi connectivity index (χ4n) is 4.27. The number of carbonyl (C=O) groups excluding carboxylic acids is 1. The number of aliphatic carboxylic acids is 1. The number of nitro groups is 1. The number of methoxy groups -OCH3 is 1. The van der Waals surface area contributed by atoms with Crippen LogP contribution < -0.4 is 10.1 Å². The third-order valence-corrected chi connectivity index (χ3v) is 6.18. The number of dihydropyridines is 1. The Hall–Kier alpha value is -3.54. The average molecular weight is 571 g/mol. The third-order valence-electron chi connectivity index (χ3n) is 6.18. The summed E-state index contributed by atoms with van der Waals surface area (Å²) in [4.78, 5) is 33.6. The maximum atomic E-state index is 14.0. The Morgan fingerprint density at radius 1 is 1.05 bits per heavy atom. The molecule has 0 bridgehead atoms. The maximum Gasteiger partial charge on any atom is 0.334 e. The van der Waals surface area contributed by atoms with Crippen molar-refractivity contribution in [2.24, 2.45) is 0 Å². The van der Waals surface area contributed by atoms with Crippen molar-refractivity contribution in [2.45, 2.75) is 78.6 Å². The fraction of sp³-hybridized carbons (Fsp3) is 0.571. The van der Waals surface area contributed by atoms with E-state index in [1.807, 2.05) is 6.92 Å². The summed E-state index contributed by atoms with van der Waals surface area (Å²) in [6.07, 6.45) is 7.74. The van der Waals surface area contributed by atoms with Crippen molar-refractivity contribution in [1.29, 1.82) is 0 Å². The molecule has 224 valence electrons. The summed E-state index contributed by atoms with van der Waals surface area (Å²) in [5.41, 5.74) is -0.665. The maximum absolute atomic E-state index is 14.0. The Bertz CT molecular complexity index is 1050. The molecule has 1 aliphatic rings. The van der Waals surface area contributed by atoms with Gasteiger partial charge in [0.15, 0.2) is 11.6 Å². The fourth-order valence-corrected chi connectivity index (χ4v) is 4.27. The molecule has 1 heterocycles. The van der Waals surface area contributed by atoms with Gasteiger partial charge in [0.1, 0.15) is 12.5 Å². The summed E-state index contributed by atoms with van der Waals surface area (Å²) in [7, 11) is 1.07. The van der Waals surface area contributed by atoms with Crippen LogP contribution in [0, 0.1) is 21.7 Å². The standard InChI is InChI=1S/C15H14F2N2O5.C13H26O3/c1-6-10(15(20)21)11(13(19(22)23)7(2)18-6)8-4-5-9(16)12(17)14(8)24-3;1-3-5-6-7-8-9-10-13(14)16-12-11-15-4-2/h4-5,11,18H,1-3H3,(H,20,21);3-12H2,1-2H3. The lowest BCUT2D eigenvalue weighted by Crippen LogP contribution is -2.31. The topological polar surface area (TPSA) is 137 Å². The van der Waals surface area contributed by atoms with Gasteiger partial charge in [-0.15, -0.1) is 0 Å². The number of ether oxygens (including phenoxy) is 3. The first kappa shape index (κ1) is 34.5. The second-order valence-electron chi connectivity index (χ2n) is 9.09. The van der Waals surface area contributed by atoms with E-state index < -0.39 is 39.9 Å². The van der Waals surface area contributed by atoms with Gasteiger partial charge in [0, 0.05) is 24.3 Å². The van der Waals surface area contributed by atoms with Crippen molar-refractivity contribution in [2.75, 3.05) is 26.9 Å². The number of rotatable bonds is 15. The molecule has 1 atom stereocenters. The van der Waals surface area contributed by atoms with Crippen LogP contribution in [0.1, 0.15) is 84.1 Å². The first-order chi connectivity index (χ1) is 19.0. The average Bonchev–Trinajstić information content (AvgIpc) is 2.89. The highest BCUT2D eigenvalue weighted by atomic mass is 19.2. The zero-order chi connectivity index (χ0) is 30.2. The normalized spacial score (nSPS) is 14.7. The molecule has 1 aromatic rings. The molecule has 0 fully saturated rings. The lowest BCUT2D eigenvalue weighted by molar-refractivity contribution is -0.431. The van der Waals surface area contributed by atoms with Gasteiger partial charge in [0.25, 0.3) is 5.70 Å². The number of allylic oxidation sites excluding steroid dienone is 3. The number of carboxylic acids is 1. The molecule has 12 heteroatoms. The SMILES string of the molecule is CCCCCCCCC(=O)OCCOCC.COc1c(C2C(C(=O)O)=C(C)NC(C)=C2[N+](=O)[O-])ccc(F)c1F. The molecular weight excluding hydrogens is 530 g/mol. The summed E-state index contributed by atoms with van der Waals surface area (Å²) in [6.45, 7) is 8.55. The minimum atomic E-state index is -1.41. The highest BCUT2D eigenvalue weighted by molar-refractivity contribution is 5.91. The van der Waals surface area contributed by atoms with Crippen LogP contribution in [-0.4, -0.2) is 48.9 Å². The Morgan fingerprint density at radius 3 is 2.27 bits per heavy atom. The molecule has 0 amide bonds. The van der Waals surface area contributed by atoms with E-state index in [0.29, 0.717) is 26.2 Å². The molecule has 0 saturated heterocycles. The number of hydrogen-bond acceptors (Lipinski definition) is 8. The molecule has 2 rings (SSSR count). The summed E-state index contributed by atoms with van der Waals surface area (Å²) in [5, 5.41) is 23.6. The predicted octanol–water partition coefficient (Wildman–Crippen LogP) is 5.84. The molecule has 1 aromatic carbocycles. The number of benzene rings is 1. The molecule has 2 N–H and O–H groups in total. The molecule has 0 aliphatic carbocycles. The van der Waals surface area contributed by atoms with Gasteiger partial charge in [0.05, 0.1) is 29.9 Å². The zero-order valence-corrected chi connectivity index (χ0v) is 23.8. The summed E-state index contributed by atoms with van der Waals surface area (Å²) in [6, 6.07) is 1.86. The number of unbranched alkanes of at least 4 members (excludes halogenated alkanes) is 5. The van der Waals surface area contributed by atoms with Gasteiger partial charge in [-0.25, -0.2) is 9.18 Å². The van der Waals surface area contributed by atoms with Gasteiger partial charge in [-0.2, -0.15) is 4.39 Å². The van der Waals surface area contributed by atoms with E-state index in [1.54, 1.807) is 0 Å². The predicted molar refractivity (Wildman–Crippen MR) is 144 cm³/mol. The van der Waals surface area contributed by atoms with Crippen molar-refractivity contribution >= 4 is 11.9 Å². The molecule has 0 radical (unpaired) electrons. The smallest absolute Gasteiger partial charge is 0.334 e. The van der Waals surface area contributed by atoms with Gasteiger partial charge in [-0.3, -0.25) is 14.9 Å². The lowest BCUT2D eigenvalue weighted by atomic mass is 9.83. The van der Waals surface area contributed by atoms with Crippen LogP contribution in [0.5, 0.6) is 5.75 Å². The summed E-state index contributed by atoms with van der Waals surface area (Å²) >= 11 is 0. The minimum absolute atomic E-state index is 0.0878. The van der Waals surface area contributed by atoms with E-state index in [-0.39, 0.29) is 28.5 Å². The van der Waals surface area contributed by atoms with Crippen molar-refractivity contribution in [1.82, 2.24) is 5.32 Å². The molecule has 1 unspecified atom stereocenters. The Balaban J connectivity index is 0.000000437. The number of carbonyl (C=O) groups is 2. The monoisotopic (exact) mass is 570 g/mol. The second-order valence-corrected chi connectivity index (χ2v) is 9.09. The zero-order valence-electron chi connectivity index (χ0n) is 23.8. The largest absolute Gasteiger partial charge is 0.493 e. The van der Waals surface area contributed by atoms with Crippen LogP contribution in [0.25, 0.3) is 0 Å². The molecule has 0 aromatic heterocycles. The van der Waals surface area contributed by atoms with Gasteiger partial charge in [-0.1, -0.05) is 45.1 Å². The Morgan fingerprint density at radius 2 is 1.70 bits per heavy atom. The highest BCUT2D eigenvalue weighted by Crippen LogP contribution is 2.43. The number of carboxylic acid groups (broad SMARTS) is 1. The molecule has 1 aliphatic heterocycles. The van der Waals surface area contributed by atoms with Gasteiger partial charge < -0.3 is 24.6 Å². The van der Waals surface area contributed by atoms with Crippen molar-refractivity contribution < 1.29 is 42.6 Å². The third kappa shape index (κ3) is 10.2. The number of nitrogens with one attached hydrogen (secondary N) is 1.